The number of benzene rings is 1. The molecule has 3 amide bonds. The predicted octanol–water partition coefficient (Wildman–Crippen LogP) is 1.73. The SMILES string of the molecule is C[C@@H]1N2C(=O)[C@@H](N3C(=O)c4ccccc4C3=O)[C@H]2SC1(C)C. The summed E-state index contributed by atoms with van der Waals surface area (Å²) in [5.74, 6) is -0.821. The Morgan fingerprint density at radius 2 is 1.59 bits per heavy atom. The lowest BCUT2D eigenvalue weighted by atomic mass is 9.96. The predicted molar refractivity (Wildman–Crippen MR) is 82.5 cm³/mol. The molecule has 0 spiro atoms. The summed E-state index contributed by atoms with van der Waals surface area (Å²) in [6, 6.07) is 6.19. The number of hydrogen-bond donors (Lipinski definition) is 0. The molecule has 5 nitrogen and oxygen atoms in total. The van der Waals surface area contributed by atoms with Crippen LogP contribution in [0.5, 0.6) is 0 Å². The molecule has 1 aromatic rings. The third kappa shape index (κ3) is 1.48. The zero-order chi connectivity index (χ0) is 15.8. The third-order valence-electron chi connectivity index (χ3n) is 5.00. The van der Waals surface area contributed by atoms with E-state index in [1.807, 2.05) is 6.92 Å². The molecule has 3 aliphatic rings. The highest BCUT2D eigenvalue weighted by Crippen LogP contribution is 2.52. The maximum Gasteiger partial charge on any atom is 0.262 e. The molecule has 2 fully saturated rings. The Kier molecular flexibility index (Phi) is 2.59. The minimum atomic E-state index is -0.665. The van der Waals surface area contributed by atoms with Crippen LogP contribution in [0.1, 0.15) is 41.5 Å². The number of rotatable bonds is 1. The molecule has 22 heavy (non-hydrogen) atoms. The van der Waals surface area contributed by atoms with E-state index in [0.717, 1.165) is 4.90 Å². The lowest BCUT2D eigenvalue weighted by molar-refractivity contribution is -0.152. The molecule has 0 N–H and O–H groups in total. The first-order valence-corrected chi connectivity index (χ1v) is 8.19. The van der Waals surface area contributed by atoms with E-state index in [0.29, 0.717) is 11.1 Å². The smallest absolute Gasteiger partial charge is 0.262 e. The Hall–Kier alpha value is -1.82. The van der Waals surface area contributed by atoms with Crippen molar-refractivity contribution >= 4 is 29.5 Å². The van der Waals surface area contributed by atoms with Gasteiger partial charge >= 0.3 is 0 Å². The van der Waals surface area contributed by atoms with Gasteiger partial charge in [-0.3, -0.25) is 19.3 Å². The van der Waals surface area contributed by atoms with E-state index in [1.165, 1.54) is 0 Å². The maximum absolute atomic E-state index is 12.5. The zero-order valence-electron chi connectivity index (χ0n) is 12.6. The molecule has 4 rings (SSSR count). The van der Waals surface area contributed by atoms with E-state index in [9.17, 15) is 14.4 Å². The van der Waals surface area contributed by atoms with Crippen LogP contribution in [0.4, 0.5) is 0 Å². The van der Waals surface area contributed by atoms with Gasteiger partial charge in [-0.15, -0.1) is 11.8 Å². The third-order valence-corrected chi connectivity index (χ3v) is 6.68. The standard InChI is InChI=1S/C16H16N2O3S/c1-8-16(2,3)22-15-11(14(21)17(8)15)18-12(19)9-6-4-5-7-10(9)13(18)20/h4-8,11,15H,1-3H3/t8-,11+,15+/m0/s1. The van der Waals surface area contributed by atoms with Crippen LogP contribution in [-0.4, -0.2) is 49.7 Å². The highest BCUT2D eigenvalue weighted by atomic mass is 32.2. The van der Waals surface area contributed by atoms with E-state index < -0.39 is 6.04 Å². The van der Waals surface area contributed by atoms with Crippen LogP contribution in [0.2, 0.25) is 0 Å². The van der Waals surface area contributed by atoms with E-state index in [-0.39, 0.29) is 33.9 Å². The fourth-order valence-electron chi connectivity index (χ4n) is 3.45. The first kappa shape index (κ1) is 13.8. The van der Waals surface area contributed by atoms with Gasteiger partial charge in [-0.2, -0.15) is 0 Å². The number of carbonyl (C=O) groups is 3. The summed E-state index contributed by atoms with van der Waals surface area (Å²) in [5.41, 5.74) is 0.795. The average Bonchev–Trinajstić information content (AvgIpc) is 2.84. The van der Waals surface area contributed by atoms with Crippen molar-refractivity contribution in [2.24, 2.45) is 0 Å². The quantitative estimate of drug-likeness (QED) is 0.585. The van der Waals surface area contributed by atoms with Crippen LogP contribution >= 0.6 is 11.8 Å². The molecular weight excluding hydrogens is 300 g/mol. The average molecular weight is 316 g/mol. The molecule has 0 saturated carbocycles. The molecule has 3 atom stereocenters. The van der Waals surface area contributed by atoms with Gasteiger partial charge in [-0.25, -0.2) is 0 Å². The second-order valence-corrected chi connectivity index (χ2v) is 8.27. The van der Waals surface area contributed by atoms with Gasteiger partial charge in [0.05, 0.1) is 11.1 Å². The minimum Gasteiger partial charge on any atom is -0.322 e. The lowest BCUT2D eigenvalue weighted by Crippen LogP contribution is -2.70. The number of amides is 3. The molecular formula is C16H16N2O3S. The summed E-state index contributed by atoms with van der Waals surface area (Å²) in [4.78, 5) is 40.6. The van der Waals surface area contributed by atoms with Crippen molar-refractivity contribution in [1.29, 1.82) is 0 Å². The summed E-state index contributed by atoms with van der Waals surface area (Å²) >= 11 is 1.67. The van der Waals surface area contributed by atoms with Crippen LogP contribution in [0.25, 0.3) is 0 Å². The topological polar surface area (TPSA) is 57.7 Å². The molecule has 114 valence electrons. The van der Waals surface area contributed by atoms with Crippen LogP contribution in [0, 0.1) is 0 Å². The van der Waals surface area contributed by atoms with Crippen LogP contribution in [0.15, 0.2) is 24.3 Å². The van der Waals surface area contributed by atoms with Gasteiger partial charge in [0.1, 0.15) is 11.4 Å². The maximum atomic E-state index is 12.5. The number of fused-ring (bicyclic) bond motifs is 2. The van der Waals surface area contributed by atoms with Gasteiger partial charge in [-0.1, -0.05) is 12.1 Å². The van der Waals surface area contributed by atoms with Crippen molar-refractivity contribution in [2.75, 3.05) is 0 Å². The van der Waals surface area contributed by atoms with E-state index in [2.05, 4.69) is 13.8 Å². The van der Waals surface area contributed by atoms with E-state index in [4.69, 9.17) is 0 Å². The summed E-state index contributed by atoms with van der Waals surface area (Å²) < 4.78 is -0.0756. The van der Waals surface area contributed by atoms with Gasteiger partial charge in [0.25, 0.3) is 11.8 Å². The van der Waals surface area contributed by atoms with Crippen LogP contribution in [0.3, 0.4) is 0 Å². The monoisotopic (exact) mass is 316 g/mol. The van der Waals surface area contributed by atoms with Crippen LogP contribution in [-0.2, 0) is 4.79 Å². The summed E-state index contributed by atoms with van der Waals surface area (Å²) in [7, 11) is 0. The van der Waals surface area contributed by atoms with E-state index >= 15 is 0 Å². The fourth-order valence-corrected chi connectivity index (χ4v) is 5.15. The molecule has 0 aliphatic carbocycles. The molecule has 2 saturated heterocycles. The largest absolute Gasteiger partial charge is 0.322 e. The Morgan fingerprint density at radius 3 is 2.14 bits per heavy atom. The highest BCUT2D eigenvalue weighted by Gasteiger charge is 2.64. The number of carbonyl (C=O) groups excluding carboxylic acids is 3. The van der Waals surface area contributed by atoms with Gasteiger partial charge in [0.2, 0.25) is 5.91 Å². The van der Waals surface area contributed by atoms with Crippen molar-refractivity contribution < 1.29 is 14.4 Å². The molecule has 1 aromatic carbocycles. The Morgan fingerprint density at radius 1 is 1.05 bits per heavy atom. The van der Waals surface area contributed by atoms with Crippen LogP contribution < -0.4 is 0 Å². The number of thioether (sulfide) groups is 1. The Bertz CT molecular complexity index is 695. The van der Waals surface area contributed by atoms with Crippen molar-refractivity contribution in [3.05, 3.63) is 35.4 Å². The number of β-lactam (4-membered cyclic amide) rings is 1. The molecule has 6 heteroatoms. The molecule has 3 aliphatic heterocycles. The molecule has 3 heterocycles. The fraction of sp³-hybridized carbons (Fsp3) is 0.438. The van der Waals surface area contributed by atoms with Gasteiger partial charge in [0.15, 0.2) is 0 Å². The normalized spacial score (nSPS) is 32.1. The molecule has 0 bridgehead atoms. The van der Waals surface area contributed by atoms with Crippen molar-refractivity contribution in [1.82, 2.24) is 9.80 Å². The Labute approximate surface area is 132 Å². The summed E-state index contributed by atoms with van der Waals surface area (Å²) in [6.45, 7) is 6.20. The number of nitrogens with zero attached hydrogens (tertiary/aromatic N) is 2. The van der Waals surface area contributed by atoms with Crippen molar-refractivity contribution in [2.45, 2.75) is 43.0 Å². The Balaban J connectivity index is 1.70. The number of imide groups is 1. The van der Waals surface area contributed by atoms with Crippen molar-refractivity contribution in [3.8, 4) is 0 Å². The summed E-state index contributed by atoms with van der Waals surface area (Å²) in [6.07, 6.45) is 0. The van der Waals surface area contributed by atoms with Gasteiger partial charge < -0.3 is 4.90 Å². The van der Waals surface area contributed by atoms with E-state index in [1.54, 1.807) is 40.9 Å². The molecule has 0 radical (unpaired) electrons. The lowest BCUT2D eigenvalue weighted by Gasteiger charge is -2.46. The second kappa shape index (κ2) is 4.13. The molecule has 0 unspecified atom stereocenters. The second-order valence-electron chi connectivity index (χ2n) is 6.50. The first-order valence-electron chi connectivity index (χ1n) is 7.31. The highest BCUT2D eigenvalue weighted by molar-refractivity contribution is 8.01. The molecule has 0 aromatic heterocycles. The minimum absolute atomic E-state index is 0.0756. The zero-order valence-corrected chi connectivity index (χ0v) is 13.4. The summed E-state index contributed by atoms with van der Waals surface area (Å²) in [5, 5.41) is -0.125. The van der Waals surface area contributed by atoms with Gasteiger partial charge in [-0.05, 0) is 32.9 Å². The first-order chi connectivity index (χ1) is 10.3. The van der Waals surface area contributed by atoms with Gasteiger partial charge in [0, 0.05) is 10.8 Å². The number of hydrogen-bond acceptors (Lipinski definition) is 4. The van der Waals surface area contributed by atoms with Crippen molar-refractivity contribution in [3.63, 3.8) is 0 Å².